The second-order valence-corrected chi connectivity index (χ2v) is 7.65. The molecule has 1 aromatic rings. The van der Waals surface area contributed by atoms with Gasteiger partial charge in [-0.1, -0.05) is 17.7 Å². The Balaban J connectivity index is 2.23. The minimum atomic E-state index is -3.08. The van der Waals surface area contributed by atoms with Crippen molar-refractivity contribution in [2.24, 2.45) is 0 Å². The number of nitrogen functional groups attached to an aromatic ring is 1. The van der Waals surface area contributed by atoms with Crippen molar-refractivity contribution in [3.8, 4) is 0 Å². The molecule has 0 radical (unpaired) electrons. The predicted molar refractivity (Wildman–Crippen MR) is 75.0 cm³/mol. The van der Waals surface area contributed by atoms with Gasteiger partial charge in [-0.05, 0) is 25.5 Å². The molecule has 1 aromatic carbocycles. The summed E-state index contributed by atoms with van der Waals surface area (Å²) in [5.74, 6) is -0.416. The molecule has 1 saturated heterocycles. The number of nitrogens with one attached hydrogen (secondary N) is 1. The van der Waals surface area contributed by atoms with Gasteiger partial charge in [-0.2, -0.15) is 0 Å². The van der Waals surface area contributed by atoms with Gasteiger partial charge in [0.2, 0.25) is 0 Å². The molecule has 1 amide bonds. The van der Waals surface area contributed by atoms with Gasteiger partial charge in [-0.25, -0.2) is 8.42 Å². The Hall–Kier alpha value is -1.27. The Morgan fingerprint density at radius 1 is 1.47 bits per heavy atom. The van der Waals surface area contributed by atoms with Crippen molar-refractivity contribution in [3.63, 3.8) is 0 Å². The van der Waals surface area contributed by atoms with E-state index in [1.165, 1.54) is 0 Å². The summed E-state index contributed by atoms with van der Waals surface area (Å²) < 4.78 is 23.0. The van der Waals surface area contributed by atoms with E-state index in [9.17, 15) is 13.2 Å². The number of amides is 1. The Morgan fingerprint density at radius 2 is 2.16 bits per heavy atom. The fourth-order valence-electron chi connectivity index (χ4n) is 2.23. The number of carbonyl (C=O) groups is 1. The molecule has 1 heterocycles. The zero-order valence-corrected chi connectivity index (χ0v) is 12.0. The Bertz CT molecular complexity index is 610. The molecule has 1 atom stereocenters. The largest absolute Gasteiger partial charge is 0.398 e. The number of halogens is 1. The van der Waals surface area contributed by atoms with Crippen molar-refractivity contribution in [1.29, 1.82) is 0 Å². The predicted octanol–water partition coefficient (Wildman–Crippen LogP) is 1.23. The first-order valence-corrected chi connectivity index (χ1v) is 7.99. The molecule has 1 fully saturated rings. The number of hydrogen-bond donors (Lipinski definition) is 2. The van der Waals surface area contributed by atoms with Crippen LogP contribution < -0.4 is 11.1 Å². The van der Waals surface area contributed by atoms with Crippen molar-refractivity contribution in [3.05, 3.63) is 28.8 Å². The quantitative estimate of drug-likeness (QED) is 0.804. The average Bonchev–Trinajstić information content (AvgIpc) is 2.52. The van der Waals surface area contributed by atoms with Crippen LogP contribution in [-0.4, -0.2) is 31.4 Å². The smallest absolute Gasteiger partial charge is 0.255 e. The minimum absolute atomic E-state index is 0.0594. The highest BCUT2D eigenvalue weighted by Gasteiger charge is 2.39. The first kappa shape index (κ1) is 14.1. The molecule has 1 aliphatic heterocycles. The molecule has 5 nitrogen and oxygen atoms in total. The fourth-order valence-corrected chi connectivity index (χ4v) is 4.59. The first-order valence-electron chi connectivity index (χ1n) is 5.79. The maximum absolute atomic E-state index is 12.2. The lowest BCUT2D eigenvalue weighted by Gasteiger charge is -2.24. The van der Waals surface area contributed by atoms with Crippen LogP contribution in [0.15, 0.2) is 18.2 Å². The van der Waals surface area contributed by atoms with Gasteiger partial charge in [0.1, 0.15) is 0 Å². The highest BCUT2D eigenvalue weighted by Crippen LogP contribution is 2.26. The van der Waals surface area contributed by atoms with E-state index >= 15 is 0 Å². The molecular formula is C12H15ClN2O3S. The fraction of sp³-hybridized carbons (Fsp3) is 0.417. The summed E-state index contributed by atoms with van der Waals surface area (Å²) in [6.07, 6.45) is 0.394. The Kier molecular flexibility index (Phi) is 3.49. The number of sulfone groups is 1. The SMILES string of the molecule is CC1(NC(=O)c2c(N)cccc2Cl)CCS(=O)(=O)C1. The maximum Gasteiger partial charge on any atom is 0.255 e. The van der Waals surface area contributed by atoms with Crippen molar-refractivity contribution >= 4 is 33.0 Å². The van der Waals surface area contributed by atoms with Crippen molar-refractivity contribution in [2.45, 2.75) is 18.9 Å². The highest BCUT2D eigenvalue weighted by atomic mass is 35.5. The summed E-state index contributed by atoms with van der Waals surface area (Å²) in [6.45, 7) is 1.71. The molecule has 0 aliphatic carbocycles. The van der Waals surface area contributed by atoms with E-state index in [1.807, 2.05) is 0 Å². The van der Waals surface area contributed by atoms with Gasteiger partial charge in [0, 0.05) is 5.69 Å². The van der Waals surface area contributed by atoms with Crippen molar-refractivity contribution in [1.82, 2.24) is 5.32 Å². The Morgan fingerprint density at radius 3 is 2.68 bits per heavy atom. The van der Waals surface area contributed by atoms with Gasteiger partial charge < -0.3 is 11.1 Å². The third kappa shape index (κ3) is 3.01. The zero-order valence-electron chi connectivity index (χ0n) is 10.4. The van der Waals surface area contributed by atoms with E-state index in [1.54, 1.807) is 25.1 Å². The Labute approximate surface area is 117 Å². The minimum Gasteiger partial charge on any atom is -0.398 e. The lowest BCUT2D eigenvalue weighted by Crippen LogP contribution is -2.47. The highest BCUT2D eigenvalue weighted by molar-refractivity contribution is 7.91. The maximum atomic E-state index is 12.2. The number of anilines is 1. The topological polar surface area (TPSA) is 89.3 Å². The first-order chi connectivity index (χ1) is 8.72. The van der Waals surface area contributed by atoms with E-state index in [0.29, 0.717) is 6.42 Å². The number of hydrogen-bond acceptors (Lipinski definition) is 4. The summed E-state index contributed by atoms with van der Waals surface area (Å²) >= 11 is 5.95. The molecule has 3 N–H and O–H groups in total. The lowest BCUT2D eigenvalue weighted by molar-refractivity contribution is 0.0916. The number of carbonyl (C=O) groups excluding carboxylic acids is 1. The van der Waals surface area contributed by atoms with Crippen LogP contribution in [0.25, 0.3) is 0 Å². The molecule has 104 valence electrons. The average molecular weight is 303 g/mol. The number of benzene rings is 1. The molecule has 1 aliphatic rings. The van der Waals surface area contributed by atoms with Crippen LogP contribution in [0.2, 0.25) is 5.02 Å². The van der Waals surface area contributed by atoms with Crippen LogP contribution in [0.4, 0.5) is 5.69 Å². The number of rotatable bonds is 2. The van der Waals surface area contributed by atoms with Gasteiger partial charge in [0.15, 0.2) is 9.84 Å². The van der Waals surface area contributed by atoms with Crippen LogP contribution in [0.3, 0.4) is 0 Å². The van der Waals surface area contributed by atoms with Crippen molar-refractivity contribution < 1.29 is 13.2 Å². The second-order valence-electron chi connectivity index (χ2n) is 5.06. The van der Waals surface area contributed by atoms with E-state index in [4.69, 9.17) is 17.3 Å². The third-order valence-corrected chi connectivity index (χ3v) is 5.41. The van der Waals surface area contributed by atoms with E-state index in [-0.39, 0.29) is 27.8 Å². The zero-order chi connectivity index (χ0) is 14.3. The standard InChI is InChI=1S/C12H15ClN2O3S/c1-12(5-6-19(17,18)7-12)15-11(16)10-8(13)3-2-4-9(10)14/h2-4H,5-7,14H2,1H3,(H,15,16). The van der Waals surface area contributed by atoms with Crippen LogP contribution in [0.1, 0.15) is 23.7 Å². The summed E-state index contributed by atoms with van der Waals surface area (Å²) in [4.78, 5) is 12.2. The summed E-state index contributed by atoms with van der Waals surface area (Å²) in [7, 11) is -3.08. The molecule has 7 heteroatoms. The van der Waals surface area contributed by atoms with E-state index in [0.717, 1.165) is 0 Å². The number of nitrogens with two attached hydrogens (primary N) is 1. The summed E-state index contributed by atoms with van der Waals surface area (Å²) in [5, 5.41) is 2.98. The van der Waals surface area contributed by atoms with Gasteiger partial charge in [-0.3, -0.25) is 4.79 Å². The van der Waals surface area contributed by atoms with E-state index < -0.39 is 21.3 Å². The van der Waals surface area contributed by atoms with Crippen LogP contribution in [0.5, 0.6) is 0 Å². The lowest BCUT2D eigenvalue weighted by atomic mass is 10.0. The summed E-state index contributed by atoms with van der Waals surface area (Å²) in [5.41, 5.74) is 5.43. The molecule has 1 unspecified atom stereocenters. The van der Waals surface area contributed by atoms with Crippen molar-refractivity contribution in [2.75, 3.05) is 17.2 Å². The van der Waals surface area contributed by atoms with Gasteiger partial charge in [0.05, 0.1) is 27.6 Å². The van der Waals surface area contributed by atoms with Crippen LogP contribution >= 0.6 is 11.6 Å². The van der Waals surface area contributed by atoms with Gasteiger partial charge >= 0.3 is 0 Å². The summed E-state index contributed by atoms with van der Waals surface area (Å²) in [6, 6.07) is 4.80. The molecule has 19 heavy (non-hydrogen) atoms. The molecule has 0 saturated carbocycles. The molecule has 0 aromatic heterocycles. The van der Waals surface area contributed by atoms with E-state index in [2.05, 4.69) is 5.32 Å². The van der Waals surface area contributed by atoms with Gasteiger partial charge in [-0.15, -0.1) is 0 Å². The van der Waals surface area contributed by atoms with Crippen LogP contribution in [-0.2, 0) is 9.84 Å². The second kappa shape index (κ2) is 4.68. The molecule has 0 bridgehead atoms. The van der Waals surface area contributed by atoms with Crippen LogP contribution in [0, 0.1) is 0 Å². The third-order valence-electron chi connectivity index (χ3n) is 3.19. The molecular weight excluding hydrogens is 288 g/mol. The monoisotopic (exact) mass is 302 g/mol. The normalized spacial score (nSPS) is 25.2. The molecule has 2 rings (SSSR count). The molecule has 0 spiro atoms. The van der Waals surface area contributed by atoms with Gasteiger partial charge in [0.25, 0.3) is 5.91 Å².